The monoisotopic (exact) mass is 475 g/mol. The zero-order valence-electron chi connectivity index (χ0n) is 18.2. The number of carbonyl (C=O) groups excluding carboxylic acids is 2. The summed E-state index contributed by atoms with van der Waals surface area (Å²) in [6.07, 6.45) is -2.12. The number of ether oxygens (including phenoxy) is 5. The molecule has 10 heteroatoms. The Bertz CT molecular complexity index is 998. The Kier molecular flexibility index (Phi) is 7.26. The number of methoxy groups -OCH3 is 1. The van der Waals surface area contributed by atoms with E-state index in [1.165, 1.54) is 18.7 Å². The van der Waals surface area contributed by atoms with Gasteiger partial charge in [-0.05, 0) is 48.9 Å². The van der Waals surface area contributed by atoms with Crippen LogP contribution >= 0.6 is 11.8 Å². The molecule has 33 heavy (non-hydrogen) atoms. The Morgan fingerprint density at radius 2 is 1.91 bits per heavy atom. The first-order valence-electron chi connectivity index (χ1n) is 10.4. The molecule has 2 unspecified atom stereocenters. The Morgan fingerprint density at radius 3 is 2.64 bits per heavy atom. The van der Waals surface area contributed by atoms with Gasteiger partial charge in [-0.25, -0.2) is 0 Å². The average molecular weight is 476 g/mol. The molecule has 2 heterocycles. The SMILES string of the molecule is COc1ccc(SC2CC(O)[C@H](NC(=O)c3ccc4c(c3)OCO4)O[C@@H]2COC(C)=O)cc1. The van der Waals surface area contributed by atoms with Crippen LogP contribution in [0, 0.1) is 0 Å². The van der Waals surface area contributed by atoms with Crippen LogP contribution in [0.4, 0.5) is 0 Å². The summed E-state index contributed by atoms with van der Waals surface area (Å²) in [5.41, 5.74) is 0.348. The summed E-state index contributed by atoms with van der Waals surface area (Å²) >= 11 is 1.50. The van der Waals surface area contributed by atoms with Crippen molar-refractivity contribution in [2.24, 2.45) is 0 Å². The number of rotatable bonds is 7. The van der Waals surface area contributed by atoms with E-state index in [4.69, 9.17) is 23.7 Å². The predicted molar refractivity (Wildman–Crippen MR) is 119 cm³/mol. The second-order valence-electron chi connectivity index (χ2n) is 7.57. The minimum absolute atomic E-state index is 0.00622. The fraction of sp³-hybridized carbons (Fsp3) is 0.391. The zero-order valence-corrected chi connectivity index (χ0v) is 19.0. The summed E-state index contributed by atoms with van der Waals surface area (Å²) in [7, 11) is 1.60. The van der Waals surface area contributed by atoms with Crippen LogP contribution in [0.25, 0.3) is 0 Å². The summed E-state index contributed by atoms with van der Waals surface area (Å²) < 4.78 is 27.0. The van der Waals surface area contributed by atoms with Gasteiger partial charge in [0.25, 0.3) is 5.91 Å². The lowest BCUT2D eigenvalue weighted by Gasteiger charge is -2.39. The quantitative estimate of drug-likeness (QED) is 0.583. The summed E-state index contributed by atoms with van der Waals surface area (Å²) in [5, 5.41) is 13.2. The van der Waals surface area contributed by atoms with Crippen LogP contribution in [-0.4, -0.2) is 61.2 Å². The minimum atomic E-state index is -0.962. The molecule has 1 saturated heterocycles. The highest BCUT2D eigenvalue weighted by Gasteiger charge is 2.39. The van der Waals surface area contributed by atoms with Gasteiger partial charge in [0.2, 0.25) is 6.79 Å². The van der Waals surface area contributed by atoms with Crippen LogP contribution in [0.2, 0.25) is 0 Å². The highest BCUT2D eigenvalue weighted by atomic mass is 32.2. The Hall–Kier alpha value is -2.95. The fourth-order valence-electron chi connectivity index (χ4n) is 3.56. The zero-order chi connectivity index (χ0) is 23.4. The van der Waals surface area contributed by atoms with Gasteiger partial charge in [-0.2, -0.15) is 0 Å². The van der Waals surface area contributed by atoms with Crippen molar-refractivity contribution in [3.8, 4) is 17.2 Å². The van der Waals surface area contributed by atoms with Crippen molar-refractivity contribution in [3.05, 3.63) is 48.0 Å². The van der Waals surface area contributed by atoms with E-state index in [0.717, 1.165) is 10.6 Å². The Morgan fingerprint density at radius 1 is 1.15 bits per heavy atom. The van der Waals surface area contributed by atoms with E-state index >= 15 is 0 Å². The highest BCUT2D eigenvalue weighted by molar-refractivity contribution is 8.00. The molecular formula is C23H25NO8S. The van der Waals surface area contributed by atoms with Crippen molar-refractivity contribution in [2.45, 2.75) is 41.9 Å². The van der Waals surface area contributed by atoms with Gasteiger partial charge in [-0.1, -0.05) is 0 Å². The van der Waals surface area contributed by atoms with Gasteiger partial charge in [-0.3, -0.25) is 9.59 Å². The Labute approximate surface area is 195 Å². The number of carbonyl (C=O) groups is 2. The number of hydrogen-bond donors (Lipinski definition) is 2. The molecule has 0 radical (unpaired) electrons. The summed E-state index contributed by atoms with van der Waals surface area (Å²) in [4.78, 5) is 25.1. The molecule has 176 valence electrons. The lowest BCUT2D eigenvalue weighted by Crippen LogP contribution is -2.55. The third-order valence-electron chi connectivity index (χ3n) is 5.27. The van der Waals surface area contributed by atoms with E-state index < -0.39 is 30.3 Å². The van der Waals surface area contributed by atoms with Gasteiger partial charge in [0, 0.05) is 22.6 Å². The molecule has 2 aliphatic rings. The average Bonchev–Trinajstić information content (AvgIpc) is 3.28. The van der Waals surface area contributed by atoms with Gasteiger partial charge in [0.15, 0.2) is 17.7 Å². The number of nitrogens with one attached hydrogen (secondary N) is 1. The molecule has 2 aromatic rings. The topological polar surface area (TPSA) is 113 Å². The molecule has 4 rings (SSSR count). The van der Waals surface area contributed by atoms with E-state index in [0.29, 0.717) is 23.5 Å². The first-order chi connectivity index (χ1) is 15.9. The summed E-state index contributed by atoms with van der Waals surface area (Å²) in [6.45, 7) is 1.43. The van der Waals surface area contributed by atoms with Gasteiger partial charge < -0.3 is 34.1 Å². The normalized spacial score (nSPS) is 23.6. The Balaban J connectivity index is 1.44. The molecule has 2 aliphatic heterocycles. The third-order valence-corrected chi connectivity index (χ3v) is 6.61. The number of aliphatic hydroxyl groups excluding tert-OH is 1. The molecule has 0 bridgehead atoms. The van der Waals surface area contributed by atoms with Gasteiger partial charge in [-0.15, -0.1) is 11.8 Å². The van der Waals surface area contributed by atoms with Gasteiger partial charge in [0.05, 0.1) is 13.2 Å². The number of benzene rings is 2. The molecule has 4 atom stereocenters. The number of thioether (sulfide) groups is 1. The molecule has 0 saturated carbocycles. The van der Waals surface area contributed by atoms with Crippen LogP contribution in [0.5, 0.6) is 17.2 Å². The molecular weight excluding hydrogens is 450 g/mol. The van der Waals surface area contributed by atoms with E-state index in [1.807, 2.05) is 24.3 Å². The molecule has 0 spiro atoms. The highest BCUT2D eigenvalue weighted by Crippen LogP contribution is 2.36. The van der Waals surface area contributed by atoms with Crippen molar-refractivity contribution < 1.29 is 38.4 Å². The standard InChI is InChI=1S/C23H25NO8S/c1-13(25)29-11-20-21(33-16-6-4-15(28-2)5-7-16)10-17(26)23(32-20)24-22(27)14-3-8-18-19(9-14)31-12-30-18/h3-9,17,20-21,23,26H,10-12H2,1-2H3,(H,24,27)/t17?,20-,21?,23-/m1/s1. The maximum Gasteiger partial charge on any atom is 0.302 e. The van der Waals surface area contributed by atoms with Crippen LogP contribution in [0.3, 0.4) is 0 Å². The molecule has 2 aromatic carbocycles. The summed E-state index contributed by atoms with van der Waals surface area (Å²) in [6, 6.07) is 12.3. The third kappa shape index (κ3) is 5.70. The molecule has 1 amide bonds. The maximum absolute atomic E-state index is 12.8. The molecule has 0 aromatic heterocycles. The smallest absolute Gasteiger partial charge is 0.302 e. The van der Waals surface area contributed by atoms with Crippen molar-refractivity contribution in [1.29, 1.82) is 0 Å². The lowest BCUT2D eigenvalue weighted by molar-refractivity contribution is -0.160. The van der Waals surface area contributed by atoms with Crippen LogP contribution < -0.4 is 19.5 Å². The number of esters is 1. The van der Waals surface area contributed by atoms with E-state index in [9.17, 15) is 14.7 Å². The van der Waals surface area contributed by atoms with Crippen molar-refractivity contribution in [3.63, 3.8) is 0 Å². The first-order valence-corrected chi connectivity index (χ1v) is 11.3. The van der Waals surface area contributed by atoms with Gasteiger partial charge >= 0.3 is 5.97 Å². The number of hydrogen-bond acceptors (Lipinski definition) is 9. The minimum Gasteiger partial charge on any atom is -0.497 e. The van der Waals surface area contributed by atoms with Gasteiger partial charge in [0.1, 0.15) is 18.5 Å². The number of fused-ring (bicyclic) bond motifs is 1. The van der Waals surface area contributed by atoms with Crippen LogP contribution in [0.1, 0.15) is 23.7 Å². The van der Waals surface area contributed by atoms with E-state index in [1.54, 1.807) is 25.3 Å². The first kappa shape index (κ1) is 23.2. The largest absolute Gasteiger partial charge is 0.497 e. The second kappa shape index (κ2) is 10.3. The fourth-order valence-corrected chi connectivity index (χ4v) is 4.79. The number of aliphatic hydroxyl groups is 1. The molecule has 1 fully saturated rings. The van der Waals surface area contributed by atoms with Crippen molar-refractivity contribution >= 4 is 23.6 Å². The second-order valence-corrected chi connectivity index (χ2v) is 8.89. The van der Waals surface area contributed by atoms with E-state index in [2.05, 4.69) is 5.32 Å². The molecule has 9 nitrogen and oxygen atoms in total. The summed E-state index contributed by atoms with van der Waals surface area (Å²) in [5.74, 6) is 0.933. The molecule has 0 aliphatic carbocycles. The molecule has 2 N–H and O–H groups in total. The van der Waals surface area contributed by atoms with E-state index in [-0.39, 0.29) is 18.6 Å². The number of amides is 1. The maximum atomic E-state index is 12.8. The van der Waals surface area contributed by atoms with Crippen molar-refractivity contribution in [2.75, 3.05) is 20.5 Å². The van der Waals surface area contributed by atoms with Crippen molar-refractivity contribution in [1.82, 2.24) is 5.32 Å². The van der Waals surface area contributed by atoms with Crippen LogP contribution in [0.15, 0.2) is 47.4 Å². The predicted octanol–water partition coefficient (Wildman–Crippen LogP) is 2.35. The lowest BCUT2D eigenvalue weighted by atomic mass is 10.0. The van der Waals surface area contributed by atoms with Crippen LogP contribution in [-0.2, 0) is 14.3 Å².